The van der Waals surface area contributed by atoms with Gasteiger partial charge in [-0.15, -0.1) is 0 Å². The van der Waals surface area contributed by atoms with Crippen molar-refractivity contribution in [3.05, 3.63) is 23.2 Å². The van der Waals surface area contributed by atoms with Crippen LogP contribution in [0.1, 0.15) is 35.2 Å². The molecule has 2 rings (SSSR count). The predicted octanol–water partition coefficient (Wildman–Crippen LogP) is 1.81. The van der Waals surface area contributed by atoms with Crippen molar-refractivity contribution < 1.29 is 14.3 Å². The lowest BCUT2D eigenvalue weighted by Gasteiger charge is -2.38. The number of carboxylic acids is 1. The molecule has 0 radical (unpaired) electrons. The topological polar surface area (TPSA) is 56.9 Å². The smallest absolute Gasteiger partial charge is 0.372 e. The van der Waals surface area contributed by atoms with Crippen LogP contribution in [-0.2, 0) is 6.54 Å². The maximum Gasteiger partial charge on any atom is 0.372 e. The van der Waals surface area contributed by atoms with Crippen molar-refractivity contribution in [3.8, 4) is 0 Å². The van der Waals surface area contributed by atoms with Crippen LogP contribution in [0.15, 0.2) is 10.5 Å². The van der Waals surface area contributed by atoms with Crippen molar-refractivity contribution in [1.82, 2.24) is 9.80 Å². The second-order valence-corrected chi connectivity index (χ2v) is 5.31. The molecule has 0 spiro atoms. The molecule has 1 aliphatic rings. The van der Waals surface area contributed by atoms with Crippen LogP contribution in [0.3, 0.4) is 0 Å². The molecule has 1 aromatic heterocycles. The highest BCUT2D eigenvalue weighted by atomic mass is 16.4. The third-order valence-electron chi connectivity index (χ3n) is 3.87. The summed E-state index contributed by atoms with van der Waals surface area (Å²) in [5.74, 6) is -0.181. The van der Waals surface area contributed by atoms with Crippen molar-refractivity contribution in [3.63, 3.8) is 0 Å². The van der Waals surface area contributed by atoms with Crippen LogP contribution in [0.5, 0.6) is 0 Å². The zero-order valence-corrected chi connectivity index (χ0v) is 11.8. The van der Waals surface area contributed by atoms with Crippen molar-refractivity contribution >= 4 is 5.97 Å². The Labute approximate surface area is 113 Å². The first-order valence-corrected chi connectivity index (χ1v) is 6.76. The number of hydrogen-bond donors (Lipinski definition) is 1. The predicted molar refractivity (Wildman–Crippen MR) is 72.4 cm³/mol. The Balaban J connectivity index is 2.01. The monoisotopic (exact) mass is 266 g/mol. The third kappa shape index (κ3) is 3.16. The summed E-state index contributed by atoms with van der Waals surface area (Å²) >= 11 is 0. The Bertz CT molecular complexity index is 456. The number of rotatable bonds is 4. The Kier molecular flexibility index (Phi) is 4.27. The lowest BCUT2D eigenvalue weighted by atomic mass is 10.1. The van der Waals surface area contributed by atoms with Crippen molar-refractivity contribution in [1.29, 1.82) is 0 Å². The molecule has 1 unspecified atom stereocenters. The Morgan fingerprint density at radius 3 is 2.84 bits per heavy atom. The number of likely N-dealkylation sites (N-methyl/N-ethyl adjacent to an activating group) is 1. The molecule has 5 heteroatoms. The van der Waals surface area contributed by atoms with Crippen LogP contribution in [0, 0.1) is 6.92 Å². The molecule has 106 valence electrons. The largest absolute Gasteiger partial charge is 0.475 e. The summed E-state index contributed by atoms with van der Waals surface area (Å²) in [6.07, 6.45) is 1.13. The summed E-state index contributed by atoms with van der Waals surface area (Å²) in [6.45, 7) is 7.71. The first-order chi connectivity index (χ1) is 9.01. The fourth-order valence-electron chi connectivity index (χ4n) is 2.65. The molecule has 19 heavy (non-hydrogen) atoms. The molecular formula is C14H22N2O3. The Hall–Kier alpha value is -1.33. The van der Waals surface area contributed by atoms with Crippen LogP contribution < -0.4 is 0 Å². The highest BCUT2D eigenvalue weighted by molar-refractivity contribution is 5.86. The van der Waals surface area contributed by atoms with Crippen molar-refractivity contribution in [2.45, 2.75) is 32.9 Å². The van der Waals surface area contributed by atoms with E-state index in [0.717, 1.165) is 31.8 Å². The van der Waals surface area contributed by atoms with E-state index in [4.69, 9.17) is 9.52 Å². The van der Waals surface area contributed by atoms with Gasteiger partial charge in [0.25, 0.3) is 0 Å². The minimum atomic E-state index is -0.992. The van der Waals surface area contributed by atoms with Crippen LogP contribution in [0.4, 0.5) is 0 Å². The number of piperazine rings is 1. The van der Waals surface area contributed by atoms with Gasteiger partial charge < -0.3 is 14.4 Å². The molecule has 1 N–H and O–H groups in total. The summed E-state index contributed by atoms with van der Waals surface area (Å²) in [7, 11) is 2.16. The maximum atomic E-state index is 11.0. The quantitative estimate of drug-likeness (QED) is 0.900. The molecule has 0 aliphatic carbocycles. The molecule has 1 atom stereocenters. The molecule has 5 nitrogen and oxygen atoms in total. The van der Waals surface area contributed by atoms with Gasteiger partial charge in [0, 0.05) is 31.2 Å². The normalized spacial score (nSPS) is 21.7. The highest BCUT2D eigenvalue weighted by Gasteiger charge is 2.24. The van der Waals surface area contributed by atoms with E-state index in [1.807, 2.05) is 6.07 Å². The van der Waals surface area contributed by atoms with Gasteiger partial charge >= 0.3 is 5.97 Å². The average molecular weight is 266 g/mol. The van der Waals surface area contributed by atoms with Gasteiger partial charge in [-0.2, -0.15) is 0 Å². The van der Waals surface area contributed by atoms with Crippen molar-refractivity contribution in [2.75, 3.05) is 26.7 Å². The van der Waals surface area contributed by atoms with E-state index in [2.05, 4.69) is 23.8 Å². The molecule has 0 saturated carbocycles. The SMILES string of the molecule is CCC1CN(Cc2cc(C)c(C(=O)O)o2)CCN1C. The van der Waals surface area contributed by atoms with E-state index in [1.165, 1.54) is 0 Å². The van der Waals surface area contributed by atoms with Gasteiger partial charge in [0.2, 0.25) is 5.76 Å². The van der Waals surface area contributed by atoms with E-state index < -0.39 is 5.97 Å². The van der Waals surface area contributed by atoms with Crippen LogP contribution in [-0.4, -0.2) is 53.6 Å². The Morgan fingerprint density at radius 1 is 1.53 bits per heavy atom. The van der Waals surface area contributed by atoms with E-state index in [1.54, 1.807) is 6.92 Å². The summed E-state index contributed by atoms with van der Waals surface area (Å²) in [5.41, 5.74) is 0.698. The molecule has 0 aromatic carbocycles. The zero-order valence-electron chi connectivity index (χ0n) is 11.8. The van der Waals surface area contributed by atoms with Gasteiger partial charge in [0.15, 0.2) is 0 Å². The van der Waals surface area contributed by atoms with Crippen LogP contribution in [0.2, 0.25) is 0 Å². The second-order valence-electron chi connectivity index (χ2n) is 5.31. The number of hydrogen-bond acceptors (Lipinski definition) is 4. The molecule has 1 fully saturated rings. The standard InChI is InChI=1S/C14H22N2O3/c1-4-11-8-16(6-5-15(11)3)9-12-7-10(2)13(19-12)14(17)18/h7,11H,4-6,8-9H2,1-3H3,(H,17,18). The second kappa shape index (κ2) is 5.75. The average Bonchev–Trinajstić information content (AvgIpc) is 2.73. The van der Waals surface area contributed by atoms with Gasteiger partial charge in [0.05, 0.1) is 6.54 Å². The molecule has 1 aromatic rings. The van der Waals surface area contributed by atoms with Gasteiger partial charge in [-0.1, -0.05) is 6.92 Å². The highest BCUT2D eigenvalue weighted by Crippen LogP contribution is 2.18. The third-order valence-corrected chi connectivity index (χ3v) is 3.87. The number of carbonyl (C=O) groups is 1. The van der Waals surface area contributed by atoms with E-state index >= 15 is 0 Å². The number of carboxylic acid groups (broad SMARTS) is 1. The van der Waals surface area contributed by atoms with Gasteiger partial charge in [-0.05, 0) is 26.5 Å². The first-order valence-electron chi connectivity index (χ1n) is 6.76. The fraction of sp³-hybridized carbons (Fsp3) is 0.643. The molecule has 0 amide bonds. The summed E-state index contributed by atoms with van der Waals surface area (Å²) in [4.78, 5) is 15.7. The number of aromatic carboxylic acids is 1. The summed E-state index contributed by atoms with van der Waals surface area (Å²) in [5, 5.41) is 8.99. The van der Waals surface area contributed by atoms with E-state index in [9.17, 15) is 4.79 Å². The first kappa shape index (κ1) is 14.1. The molecule has 0 bridgehead atoms. The van der Waals surface area contributed by atoms with Gasteiger partial charge in [-0.25, -0.2) is 4.79 Å². The summed E-state index contributed by atoms with van der Waals surface area (Å²) in [6, 6.07) is 2.41. The van der Waals surface area contributed by atoms with Crippen LogP contribution in [0.25, 0.3) is 0 Å². The molecule has 1 saturated heterocycles. The minimum absolute atomic E-state index is 0.0659. The summed E-state index contributed by atoms with van der Waals surface area (Å²) < 4.78 is 5.42. The molecular weight excluding hydrogens is 244 g/mol. The number of nitrogens with zero attached hydrogens (tertiary/aromatic N) is 2. The van der Waals surface area contributed by atoms with Gasteiger partial charge in [-0.3, -0.25) is 4.90 Å². The number of furan rings is 1. The van der Waals surface area contributed by atoms with Crippen LogP contribution >= 0.6 is 0 Å². The maximum absolute atomic E-state index is 11.0. The van der Waals surface area contributed by atoms with E-state index in [0.29, 0.717) is 18.2 Å². The minimum Gasteiger partial charge on any atom is -0.475 e. The lowest BCUT2D eigenvalue weighted by molar-refractivity contribution is 0.0647. The fourth-order valence-corrected chi connectivity index (χ4v) is 2.65. The zero-order chi connectivity index (χ0) is 14.0. The van der Waals surface area contributed by atoms with Crippen molar-refractivity contribution in [2.24, 2.45) is 0 Å². The molecule has 2 heterocycles. The molecule has 1 aliphatic heterocycles. The van der Waals surface area contributed by atoms with E-state index in [-0.39, 0.29) is 5.76 Å². The lowest BCUT2D eigenvalue weighted by Crippen LogP contribution is -2.50. The van der Waals surface area contributed by atoms with Gasteiger partial charge in [0.1, 0.15) is 5.76 Å². The Morgan fingerprint density at radius 2 is 2.26 bits per heavy atom. The number of aryl methyl sites for hydroxylation is 1.